The summed E-state index contributed by atoms with van der Waals surface area (Å²) >= 11 is 13.4. The summed E-state index contributed by atoms with van der Waals surface area (Å²) in [6.07, 6.45) is 11.6. The average molecular weight is 569 g/mol. The normalized spacial score (nSPS) is 26.8. The fourth-order valence-corrected chi connectivity index (χ4v) is 8.30. The van der Waals surface area contributed by atoms with Crippen molar-refractivity contribution in [2.45, 2.75) is 57.4 Å². The number of nitrogens with one attached hydrogen (secondary N) is 2. The molecule has 8 heteroatoms. The highest BCUT2D eigenvalue weighted by atomic mass is 35.5. The average Bonchev–Trinajstić information content (AvgIpc) is 3.70. The van der Waals surface area contributed by atoms with Crippen LogP contribution in [0.5, 0.6) is 0 Å². The minimum absolute atomic E-state index is 0.0992. The summed E-state index contributed by atoms with van der Waals surface area (Å²) in [5.74, 6) is 1.50. The van der Waals surface area contributed by atoms with E-state index in [1.165, 1.54) is 56.0 Å². The Kier molecular flexibility index (Phi) is 8.29. The zero-order valence-electron chi connectivity index (χ0n) is 21.9. The smallest absolute Gasteiger partial charge is 0.266 e. The summed E-state index contributed by atoms with van der Waals surface area (Å²) in [6, 6.07) is 10.5. The molecule has 2 aliphatic heterocycles. The zero-order valence-corrected chi connectivity index (χ0v) is 24.3. The summed E-state index contributed by atoms with van der Waals surface area (Å²) < 4.78 is 0.734. The Hall–Kier alpha value is -1.64. The molecule has 0 radical (unpaired) electrons. The number of aromatic nitrogens is 1. The summed E-state index contributed by atoms with van der Waals surface area (Å²) in [7, 11) is 0. The van der Waals surface area contributed by atoms with Crippen LogP contribution < -0.4 is 5.32 Å². The lowest BCUT2D eigenvalue weighted by Crippen LogP contribution is -2.43. The Bertz CT molecular complexity index is 1200. The minimum Gasteiger partial charge on any atom is -0.355 e. The van der Waals surface area contributed by atoms with Gasteiger partial charge < -0.3 is 15.2 Å². The van der Waals surface area contributed by atoms with Crippen LogP contribution in [-0.4, -0.2) is 63.8 Å². The molecule has 5 nitrogen and oxygen atoms in total. The van der Waals surface area contributed by atoms with E-state index in [1.807, 2.05) is 29.2 Å². The number of fused-ring (bicyclic) bond motifs is 2. The number of thioether (sulfide) groups is 1. The highest BCUT2D eigenvalue weighted by Gasteiger charge is 2.48. The van der Waals surface area contributed by atoms with E-state index in [0.29, 0.717) is 12.0 Å². The number of piperazine rings is 1. The molecule has 2 N–H and O–H groups in total. The van der Waals surface area contributed by atoms with E-state index >= 15 is 0 Å². The molecule has 2 saturated heterocycles. The number of halogens is 1. The molecule has 2 bridgehead atoms. The standard InChI is InChI=1S/C30H37ClN4OS2/c31-24-9-7-21(8-10-24)25-18-22(4-2-1-3-13-34-14-11-32-12-15-34)26(33-25)19-28-29(36)35(30(37)38-28)27-17-20-5-6-23(27)16-20/h7-10,18-20,23,27,32-33H,1-6,11-17H2. The largest absolute Gasteiger partial charge is 0.355 e. The Balaban J connectivity index is 1.17. The van der Waals surface area contributed by atoms with Gasteiger partial charge in [-0.2, -0.15) is 0 Å². The minimum atomic E-state index is 0.0992. The monoisotopic (exact) mass is 568 g/mol. The third-order valence-electron chi connectivity index (χ3n) is 8.85. The SMILES string of the molecule is O=C1C(=Cc2[nH]c(-c3ccc(Cl)cc3)cc2CCCCCN2CCNCC2)SC(=S)N1C1CC2CCC1C2. The van der Waals surface area contributed by atoms with E-state index in [1.54, 1.807) is 0 Å². The lowest BCUT2D eigenvalue weighted by molar-refractivity contribution is -0.124. The van der Waals surface area contributed by atoms with Crippen molar-refractivity contribution in [2.75, 3.05) is 32.7 Å². The Morgan fingerprint density at radius 3 is 2.63 bits per heavy atom. The third-order valence-corrected chi connectivity index (χ3v) is 10.4. The van der Waals surface area contributed by atoms with Gasteiger partial charge in [-0.15, -0.1) is 0 Å². The quantitative estimate of drug-likeness (QED) is 0.210. The first kappa shape index (κ1) is 26.6. The molecular formula is C30H37ClN4OS2. The number of aryl methyl sites for hydroxylation is 1. The molecule has 2 aliphatic carbocycles. The number of hydrogen-bond donors (Lipinski definition) is 2. The van der Waals surface area contributed by atoms with Crippen LogP contribution in [0, 0.1) is 11.8 Å². The summed E-state index contributed by atoms with van der Waals surface area (Å²) in [5.41, 5.74) is 4.46. The molecule has 3 unspecified atom stereocenters. The van der Waals surface area contributed by atoms with Gasteiger partial charge >= 0.3 is 0 Å². The predicted octanol–water partition coefficient (Wildman–Crippen LogP) is 6.34. The van der Waals surface area contributed by atoms with Gasteiger partial charge in [-0.1, -0.05) is 60.6 Å². The number of carbonyl (C=O) groups excluding carboxylic acids is 1. The topological polar surface area (TPSA) is 51.4 Å². The first-order chi connectivity index (χ1) is 18.5. The van der Waals surface area contributed by atoms with Crippen molar-refractivity contribution < 1.29 is 4.79 Å². The molecule has 2 aromatic rings. The number of rotatable bonds is 9. The molecule has 1 aromatic heterocycles. The van der Waals surface area contributed by atoms with Crippen LogP contribution in [0.2, 0.25) is 5.02 Å². The van der Waals surface area contributed by atoms with Gasteiger partial charge in [0, 0.05) is 48.6 Å². The molecular weight excluding hydrogens is 532 g/mol. The maximum absolute atomic E-state index is 13.6. The number of amides is 1. The summed E-state index contributed by atoms with van der Waals surface area (Å²) in [5, 5.41) is 4.16. The first-order valence-electron chi connectivity index (χ1n) is 14.2. The molecule has 2 saturated carbocycles. The molecule has 202 valence electrons. The van der Waals surface area contributed by atoms with Gasteiger partial charge in [0.2, 0.25) is 0 Å². The van der Waals surface area contributed by atoms with E-state index in [4.69, 9.17) is 23.8 Å². The number of thiocarbonyl (C=S) groups is 1. The van der Waals surface area contributed by atoms with Crippen LogP contribution >= 0.6 is 35.6 Å². The number of nitrogens with zero attached hydrogens (tertiary/aromatic N) is 2. The van der Waals surface area contributed by atoms with Gasteiger partial charge in [0.1, 0.15) is 4.32 Å². The van der Waals surface area contributed by atoms with Crippen LogP contribution in [0.3, 0.4) is 0 Å². The second-order valence-electron chi connectivity index (χ2n) is 11.3. The maximum Gasteiger partial charge on any atom is 0.266 e. The van der Waals surface area contributed by atoms with Gasteiger partial charge in [0.25, 0.3) is 5.91 Å². The Labute approximate surface area is 240 Å². The highest BCUT2D eigenvalue weighted by Crippen LogP contribution is 2.49. The first-order valence-corrected chi connectivity index (χ1v) is 15.8. The van der Waals surface area contributed by atoms with Gasteiger partial charge in [-0.05, 0) is 92.3 Å². The molecule has 0 spiro atoms. The van der Waals surface area contributed by atoms with Crippen LogP contribution in [-0.2, 0) is 11.2 Å². The molecule has 6 rings (SSSR count). The van der Waals surface area contributed by atoms with Crippen LogP contribution in [0.15, 0.2) is 35.2 Å². The van der Waals surface area contributed by atoms with Gasteiger partial charge in [0.05, 0.1) is 4.91 Å². The lowest BCUT2D eigenvalue weighted by atomic mass is 9.94. The van der Waals surface area contributed by atoms with Crippen LogP contribution in [0.4, 0.5) is 0 Å². The molecule has 1 aromatic carbocycles. The second-order valence-corrected chi connectivity index (χ2v) is 13.4. The number of hydrogen-bond acceptors (Lipinski definition) is 5. The van der Waals surface area contributed by atoms with E-state index in [9.17, 15) is 4.79 Å². The summed E-state index contributed by atoms with van der Waals surface area (Å²) in [4.78, 5) is 22.5. The van der Waals surface area contributed by atoms with E-state index < -0.39 is 0 Å². The molecule has 4 fully saturated rings. The molecule has 3 heterocycles. The Morgan fingerprint density at radius 1 is 1.08 bits per heavy atom. The Morgan fingerprint density at radius 2 is 1.89 bits per heavy atom. The van der Waals surface area contributed by atoms with Crippen molar-refractivity contribution in [3.05, 3.63) is 51.5 Å². The maximum atomic E-state index is 13.6. The number of unbranched alkanes of at least 4 members (excludes halogenated alkanes) is 2. The van der Waals surface area contributed by atoms with Crippen LogP contribution in [0.1, 0.15) is 56.2 Å². The van der Waals surface area contributed by atoms with Gasteiger partial charge in [-0.3, -0.25) is 9.69 Å². The van der Waals surface area contributed by atoms with Crippen molar-refractivity contribution in [2.24, 2.45) is 11.8 Å². The van der Waals surface area contributed by atoms with Crippen molar-refractivity contribution >= 4 is 51.9 Å². The number of benzene rings is 1. The predicted molar refractivity (Wildman–Crippen MR) is 162 cm³/mol. The highest BCUT2D eigenvalue weighted by molar-refractivity contribution is 8.26. The molecule has 38 heavy (non-hydrogen) atoms. The van der Waals surface area contributed by atoms with Gasteiger partial charge in [0.15, 0.2) is 0 Å². The lowest BCUT2D eigenvalue weighted by Gasteiger charge is -2.30. The van der Waals surface area contributed by atoms with Crippen molar-refractivity contribution in [1.29, 1.82) is 0 Å². The van der Waals surface area contributed by atoms with Gasteiger partial charge in [-0.25, -0.2) is 0 Å². The van der Waals surface area contributed by atoms with Crippen molar-refractivity contribution in [3.63, 3.8) is 0 Å². The summed E-state index contributed by atoms with van der Waals surface area (Å²) in [6.45, 7) is 5.71. The van der Waals surface area contributed by atoms with E-state index in [2.05, 4.69) is 27.3 Å². The second kappa shape index (κ2) is 11.8. The third kappa shape index (κ3) is 5.78. The van der Waals surface area contributed by atoms with E-state index in [0.717, 1.165) is 82.6 Å². The molecule has 3 atom stereocenters. The van der Waals surface area contributed by atoms with Crippen molar-refractivity contribution in [1.82, 2.24) is 20.1 Å². The fourth-order valence-electron chi connectivity index (χ4n) is 6.82. The number of carbonyl (C=O) groups is 1. The number of aromatic amines is 1. The fraction of sp³-hybridized carbons (Fsp3) is 0.533. The zero-order chi connectivity index (χ0) is 26.1. The number of H-pyrrole nitrogens is 1. The van der Waals surface area contributed by atoms with Crippen molar-refractivity contribution in [3.8, 4) is 11.3 Å². The van der Waals surface area contributed by atoms with Crippen LogP contribution in [0.25, 0.3) is 17.3 Å². The molecule has 1 amide bonds. The molecule has 4 aliphatic rings. The van der Waals surface area contributed by atoms with E-state index in [-0.39, 0.29) is 5.91 Å².